The quantitative estimate of drug-likeness (QED) is 0.408. The minimum absolute atomic E-state index is 0.0830. The first-order valence-corrected chi connectivity index (χ1v) is 4.02. The van der Waals surface area contributed by atoms with Crippen LogP contribution in [0, 0.1) is 5.82 Å². The summed E-state index contributed by atoms with van der Waals surface area (Å²) in [5.74, 6) is -0.646. The summed E-state index contributed by atoms with van der Waals surface area (Å²) in [5.41, 5.74) is 7.88. The van der Waals surface area contributed by atoms with Gasteiger partial charge in [-0.2, -0.15) is 0 Å². The fourth-order valence-electron chi connectivity index (χ4n) is 0.675. The Kier molecular flexibility index (Phi) is 2.92. The number of nitrogens with zero attached hydrogens (tertiary/aromatic N) is 3. The van der Waals surface area contributed by atoms with Gasteiger partial charge >= 0.3 is 0 Å². The smallest absolute Gasteiger partial charge is 0.135 e. The van der Waals surface area contributed by atoms with Crippen LogP contribution in [-0.4, -0.2) is 0 Å². The van der Waals surface area contributed by atoms with Gasteiger partial charge in [0.2, 0.25) is 0 Å². The van der Waals surface area contributed by atoms with Crippen molar-refractivity contribution in [1.29, 1.82) is 0 Å². The van der Waals surface area contributed by atoms with E-state index in [1.165, 1.54) is 12.1 Å². The molecule has 0 aliphatic rings. The summed E-state index contributed by atoms with van der Waals surface area (Å²) >= 11 is 8.62. The molecule has 0 atom stereocenters. The molecular formula is C6H2BrClFN3. The summed E-state index contributed by atoms with van der Waals surface area (Å²) in [7, 11) is 0. The summed E-state index contributed by atoms with van der Waals surface area (Å²) in [6.07, 6.45) is 0. The van der Waals surface area contributed by atoms with Crippen molar-refractivity contribution >= 4 is 33.2 Å². The SMILES string of the molecule is [N-]=[N+]=Nc1c(F)cc(Br)cc1Cl. The third kappa shape index (κ3) is 1.88. The van der Waals surface area contributed by atoms with E-state index in [1.54, 1.807) is 0 Å². The highest BCUT2D eigenvalue weighted by molar-refractivity contribution is 9.10. The van der Waals surface area contributed by atoms with Crippen molar-refractivity contribution in [2.24, 2.45) is 5.11 Å². The summed E-state index contributed by atoms with van der Waals surface area (Å²) < 4.78 is 13.4. The van der Waals surface area contributed by atoms with Crippen molar-refractivity contribution in [2.75, 3.05) is 0 Å². The van der Waals surface area contributed by atoms with Crippen molar-refractivity contribution < 1.29 is 4.39 Å². The average Bonchev–Trinajstić information content (AvgIpc) is 1.96. The molecule has 0 amide bonds. The van der Waals surface area contributed by atoms with Crippen LogP contribution in [0.5, 0.6) is 0 Å². The highest BCUT2D eigenvalue weighted by atomic mass is 79.9. The monoisotopic (exact) mass is 249 g/mol. The maximum Gasteiger partial charge on any atom is 0.135 e. The van der Waals surface area contributed by atoms with Crippen molar-refractivity contribution in [2.45, 2.75) is 0 Å². The zero-order valence-corrected chi connectivity index (χ0v) is 7.97. The van der Waals surface area contributed by atoms with Gasteiger partial charge in [0.1, 0.15) is 5.82 Å². The first-order chi connectivity index (χ1) is 5.65. The molecule has 0 fully saturated rings. The van der Waals surface area contributed by atoms with Crippen LogP contribution >= 0.6 is 27.5 Å². The molecular weight excluding hydrogens is 248 g/mol. The predicted octanol–water partition coefficient (Wildman–Crippen LogP) is 4.18. The minimum atomic E-state index is -0.646. The number of hydrogen-bond donors (Lipinski definition) is 0. The van der Waals surface area contributed by atoms with E-state index >= 15 is 0 Å². The lowest BCUT2D eigenvalue weighted by molar-refractivity contribution is 0.629. The van der Waals surface area contributed by atoms with Gasteiger partial charge in [-0.3, -0.25) is 0 Å². The van der Waals surface area contributed by atoms with Crippen LogP contribution in [0.4, 0.5) is 10.1 Å². The molecule has 0 aliphatic heterocycles. The standard InChI is InChI=1S/C6H2BrClFN3/c7-3-1-4(8)6(11-12-10)5(9)2-3/h1-2H. The molecule has 0 radical (unpaired) electrons. The molecule has 12 heavy (non-hydrogen) atoms. The van der Waals surface area contributed by atoms with E-state index in [2.05, 4.69) is 26.0 Å². The lowest BCUT2D eigenvalue weighted by atomic mass is 10.3. The second-order valence-electron chi connectivity index (χ2n) is 1.91. The van der Waals surface area contributed by atoms with E-state index in [0.29, 0.717) is 4.47 Å². The second-order valence-corrected chi connectivity index (χ2v) is 3.23. The molecule has 0 saturated carbocycles. The topological polar surface area (TPSA) is 48.8 Å². The zero-order valence-electron chi connectivity index (χ0n) is 5.63. The van der Waals surface area contributed by atoms with E-state index in [9.17, 15) is 4.39 Å². The van der Waals surface area contributed by atoms with Gasteiger partial charge in [0.05, 0.1) is 10.7 Å². The van der Waals surface area contributed by atoms with Gasteiger partial charge in [0.15, 0.2) is 0 Å². The number of hydrogen-bond acceptors (Lipinski definition) is 1. The predicted molar refractivity (Wildman–Crippen MR) is 47.9 cm³/mol. The molecule has 3 nitrogen and oxygen atoms in total. The first-order valence-electron chi connectivity index (χ1n) is 2.85. The van der Waals surface area contributed by atoms with Crippen molar-refractivity contribution in [3.63, 3.8) is 0 Å². The van der Waals surface area contributed by atoms with Gasteiger partial charge in [0, 0.05) is 9.38 Å². The van der Waals surface area contributed by atoms with Gasteiger partial charge in [-0.05, 0) is 17.7 Å². The van der Waals surface area contributed by atoms with Crippen LogP contribution in [0.3, 0.4) is 0 Å². The average molecular weight is 250 g/mol. The Morgan fingerprint density at radius 2 is 2.25 bits per heavy atom. The van der Waals surface area contributed by atoms with E-state index in [4.69, 9.17) is 17.1 Å². The maximum absolute atomic E-state index is 12.9. The Labute approximate surface area is 80.9 Å². The highest BCUT2D eigenvalue weighted by Gasteiger charge is 2.06. The molecule has 0 aliphatic carbocycles. The van der Waals surface area contributed by atoms with Crippen LogP contribution in [0.1, 0.15) is 0 Å². The highest BCUT2D eigenvalue weighted by Crippen LogP contribution is 2.31. The molecule has 6 heteroatoms. The third-order valence-electron chi connectivity index (χ3n) is 1.13. The van der Waals surface area contributed by atoms with Gasteiger partial charge in [-0.1, -0.05) is 32.6 Å². The first kappa shape index (κ1) is 9.32. The van der Waals surface area contributed by atoms with Gasteiger partial charge < -0.3 is 0 Å². The van der Waals surface area contributed by atoms with Gasteiger partial charge in [0.25, 0.3) is 0 Å². The molecule has 0 spiro atoms. The molecule has 1 aromatic rings. The number of azide groups is 1. The lowest BCUT2D eigenvalue weighted by Crippen LogP contribution is -1.76. The Hall–Kier alpha value is -0.770. The molecule has 0 saturated heterocycles. The number of rotatable bonds is 1. The van der Waals surface area contributed by atoms with Crippen LogP contribution in [0.2, 0.25) is 5.02 Å². The van der Waals surface area contributed by atoms with E-state index in [-0.39, 0.29) is 10.7 Å². The molecule has 0 bridgehead atoms. The molecule has 62 valence electrons. The van der Waals surface area contributed by atoms with Crippen molar-refractivity contribution in [3.05, 3.63) is 37.9 Å². The van der Waals surface area contributed by atoms with Crippen LogP contribution in [0.25, 0.3) is 10.4 Å². The molecule has 0 heterocycles. The molecule has 0 unspecified atom stereocenters. The summed E-state index contributed by atoms with van der Waals surface area (Å²) in [5, 5.41) is 3.18. The summed E-state index contributed by atoms with van der Waals surface area (Å²) in [6, 6.07) is 2.63. The van der Waals surface area contributed by atoms with Gasteiger partial charge in [-0.25, -0.2) is 4.39 Å². The Bertz CT molecular complexity index is 339. The molecule has 0 aromatic heterocycles. The number of benzene rings is 1. The van der Waals surface area contributed by atoms with E-state index < -0.39 is 5.82 Å². The number of halogens is 3. The fraction of sp³-hybridized carbons (Fsp3) is 0. The fourth-order valence-corrected chi connectivity index (χ4v) is 1.48. The molecule has 1 rings (SSSR count). The molecule has 0 N–H and O–H groups in total. The normalized spacial score (nSPS) is 9.25. The third-order valence-corrected chi connectivity index (χ3v) is 1.87. The molecule has 1 aromatic carbocycles. The summed E-state index contributed by atoms with van der Waals surface area (Å²) in [4.78, 5) is 2.44. The minimum Gasteiger partial charge on any atom is -0.206 e. The van der Waals surface area contributed by atoms with Gasteiger partial charge in [-0.15, -0.1) is 0 Å². The van der Waals surface area contributed by atoms with Crippen molar-refractivity contribution in [3.8, 4) is 0 Å². The van der Waals surface area contributed by atoms with E-state index in [1.807, 2.05) is 0 Å². The lowest BCUT2D eigenvalue weighted by Gasteiger charge is -1.98. The summed E-state index contributed by atoms with van der Waals surface area (Å²) in [6.45, 7) is 0. The Balaban J connectivity index is 3.37. The van der Waals surface area contributed by atoms with Crippen LogP contribution in [-0.2, 0) is 0 Å². The van der Waals surface area contributed by atoms with Crippen LogP contribution < -0.4 is 0 Å². The zero-order chi connectivity index (χ0) is 9.14. The maximum atomic E-state index is 12.9. The van der Waals surface area contributed by atoms with Crippen molar-refractivity contribution in [1.82, 2.24) is 0 Å². The second kappa shape index (κ2) is 3.76. The largest absolute Gasteiger partial charge is 0.206 e. The Morgan fingerprint density at radius 1 is 1.58 bits per heavy atom. The Morgan fingerprint density at radius 3 is 2.75 bits per heavy atom. The van der Waals surface area contributed by atoms with E-state index in [0.717, 1.165) is 0 Å². The van der Waals surface area contributed by atoms with Crippen LogP contribution in [0.15, 0.2) is 21.7 Å².